The number of likely N-dealkylation sites (N-methyl/N-ethyl adjacent to an activating group) is 1. The lowest BCUT2D eigenvalue weighted by molar-refractivity contribution is -0.0728. The quantitative estimate of drug-likeness (QED) is 0.477. The van der Waals surface area contributed by atoms with Crippen LogP contribution < -0.4 is 10.6 Å². The second-order valence-corrected chi connectivity index (χ2v) is 13.1. The van der Waals surface area contributed by atoms with Crippen molar-refractivity contribution in [3.05, 3.63) is 11.1 Å². The van der Waals surface area contributed by atoms with Gasteiger partial charge >= 0.3 is 0 Å². The van der Waals surface area contributed by atoms with Crippen LogP contribution in [-0.4, -0.2) is 36.7 Å². The van der Waals surface area contributed by atoms with Crippen LogP contribution in [0.2, 0.25) is 0 Å². The number of ether oxygens (including phenoxy) is 1. The zero-order valence-corrected chi connectivity index (χ0v) is 20.9. The summed E-state index contributed by atoms with van der Waals surface area (Å²) >= 11 is 0. The molecule has 9 unspecified atom stereocenters. The second-order valence-electron chi connectivity index (χ2n) is 13.1. The molecule has 0 aromatic rings. The molecule has 0 bridgehead atoms. The van der Waals surface area contributed by atoms with Crippen molar-refractivity contribution >= 4 is 5.71 Å². The van der Waals surface area contributed by atoms with E-state index in [4.69, 9.17) is 10.1 Å². The second kappa shape index (κ2) is 7.39. The fraction of sp³-hybridized carbons (Fsp3) is 0.893. The van der Waals surface area contributed by atoms with E-state index in [1.807, 2.05) is 5.57 Å². The Hall–Kier alpha value is -0.710. The van der Waals surface area contributed by atoms with Crippen LogP contribution >= 0.6 is 0 Å². The average molecular weight is 440 g/mol. The highest BCUT2D eigenvalue weighted by atomic mass is 16.5. The zero-order chi connectivity index (χ0) is 22.3. The Labute approximate surface area is 195 Å². The van der Waals surface area contributed by atoms with Gasteiger partial charge in [0.2, 0.25) is 0 Å². The molecule has 5 fully saturated rings. The number of fused-ring (bicyclic) bond motifs is 6. The molecule has 2 aliphatic heterocycles. The van der Waals surface area contributed by atoms with Crippen LogP contribution in [0.1, 0.15) is 91.4 Å². The van der Waals surface area contributed by atoms with Gasteiger partial charge in [0.25, 0.3) is 0 Å². The predicted molar refractivity (Wildman–Crippen MR) is 130 cm³/mol. The summed E-state index contributed by atoms with van der Waals surface area (Å²) in [5, 5.41) is 15.8. The van der Waals surface area contributed by atoms with Crippen LogP contribution in [0, 0.1) is 40.4 Å². The average Bonchev–Trinajstić information content (AvgIpc) is 3.25. The minimum absolute atomic E-state index is 0.0165. The molecule has 2 heterocycles. The summed E-state index contributed by atoms with van der Waals surface area (Å²) in [5.74, 6) is 3.99. The number of hydrogen-bond donors (Lipinski definition) is 3. The molecule has 3 saturated carbocycles. The van der Waals surface area contributed by atoms with Crippen molar-refractivity contribution in [2.45, 2.75) is 109 Å². The van der Waals surface area contributed by atoms with Crippen molar-refractivity contribution in [3.63, 3.8) is 0 Å². The van der Waals surface area contributed by atoms with E-state index in [9.17, 15) is 0 Å². The fourth-order valence-electron chi connectivity index (χ4n) is 9.64. The SMILES string of the molecule is CNC12CC3(CCC4C(=C(C)C3)CC3C4CCC4CC(=N)CCC43C)OC1CC(C)CN2. The highest BCUT2D eigenvalue weighted by Crippen LogP contribution is 2.64. The van der Waals surface area contributed by atoms with Crippen LogP contribution in [-0.2, 0) is 4.74 Å². The molecule has 9 atom stereocenters. The van der Waals surface area contributed by atoms with Gasteiger partial charge in [0.15, 0.2) is 0 Å². The molecule has 2 saturated heterocycles. The maximum absolute atomic E-state index is 8.28. The third-order valence-electron chi connectivity index (χ3n) is 11.4. The molecule has 32 heavy (non-hydrogen) atoms. The van der Waals surface area contributed by atoms with Crippen molar-refractivity contribution < 1.29 is 4.74 Å². The normalized spacial score (nSPS) is 52.9. The maximum atomic E-state index is 8.28. The highest BCUT2D eigenvalue weighted by molar-refractivity contribution is 5.82. The standard InChI is InChI=1S/C28H45N3O/c1-17-11-25-28(30-4,31-15-17)16-27(32-25)10-8-21-22-6-5-19-12-20(29)7-9-26(19,3)24(22)13-23(21)18(2)14-27/h17,19,21-22,24-25,29-31H,5-16H2,1-4H3. The Balaban J connectivity index is 1.27. The van der Waals surface area contributed by atoms with E-state index in [1.165, 1.54) is 44.9 Å². The largest absolute Gasteiger partial charge is 0.368 e. The zero-order valence-electron chi connectivity index (χ0n) is 20.9. The van der Waals surface area contributed by atoms with Gasteiger partial charge in [0.1, 0.15) is 0 Å². The van der Waals surface area contributed by atoms with Gasteiger partial charge in [-0.25, -0.2) is 0 Å². The van der Waals surface area contributed by atoms with Crippen molar-refractivity contribution in [1.29, 1.82) is 5.41 Å². The third-order valence-corrected chi connectivity index (χ3v) is 11.4. The summed E-state index contributed by atoms with van der Waals surface area (Å²) in [5.41, 5.74) is 4.98. The van der Waals surface area contributed by atoms with E-state index in [1.54, 1.807) is 5.57 Å². The van der Waals surface area contributed by atoms with Crippen molar-refractivity contribution in [2.75, 3.05) is 13.6 Å². The Morgan fingerprint density at radius 2 is 2.00 bits per heavy atom. The van der Waals surface area contributed by atoms with E-state index < -0.39 is 0 Å². The number of piperidine rings is 1. The van der Waals surface area contributed by atoms with Gasteiger partial charge < -0.3 is 15.5 Å². The predicted octanol–water partition coefficient (Wildman–Crippen LogP) is 5.43. The maximum Gasteiger partial charge on any atom is 0.0982 e. The van der Waals surface area contributed by atoms with Crippen LogP contribution in [0.5, 0.6) is 0 Å². The van der Waals surface area contributed by atoms with Gasteiger partial charge in [-0.2, -0.15) is 0 Å². The lowest BCUT2D eigenvalue weighted by atomic mass is 9.52. The van der Waals surface area contributed by atoms with Crippen molar-refractivity contribution in [3.8, 4) is 0 Å². The van der Waals surface area contributed by atoms with Crippen LogP contribution in [0.25, 0.3) is 0 Å². The summed E-state index contributed by atoms with van der Waals surface area (Å²) in [6.07, 6.45) is 13.8. The Morgan fingerprint density at radius 3 is 2.81 bits per heavy atom. The molecule has 4 nitrogen and oxygen atoms in total. The first kappa shape index (κ1) is 21.8. The Morgan fingerprint density at radius 1 is 1.16 bits per heavy atom. The van der Waals surface area contributed by atoms with E-state index in [0.29, 0.717) is 17.4 Å². The number of nitrogens with one attached hydrogen (secondary N) is 3. The molecule has 3 N–H and O–H groups in total. The molecule has 6 rings (SSSR count). The molecule has 0 amide bonds. The molecule has 4 heteroatoms. The first-order chi connectivity index (χ1) is 15.3. The number of rotatable bonds is 1. The lowest BCUT2D eigenvalue weighted by Gasteiger charge is -2.52. The number of allylic oxidation sites excluding steroid dienone is 1. The van der Waals surface area contributed by atoms with E-state index in [-0.39, 0.29) is 11.3 Å². The number of hydrogen-bond acceptors (Lipinski definition) is 4. The lowest BCUT2D eigenvalue weighted by Crippen LogP contribution is -2.65. The molecular formula is C28H45N3O. The van der Waals surface area contributed by atoms with Crippen LogP contribution in [0.4, 0.5) is 0 Å². The topological polar surface area (TPSA) is 57.1 Å². The minimum Gasteiger partial charge on any atom is -0.368 e. The fourth-order valence-corrected chi connectivity index (χ4v) is 9.64. The minimum atomic E-state index is -0.0302. The Bertz CT molecular complexity index is 837. The van der Waals surface area contributed by atoms with Gasteiger partial charge in [-0.1, -0.05) is 25.0 Å². The van der Waals surface area contributed by atoms with Crippen molar-refractivity contribution in [1.82, 2.24) is 10.6 Å². The van der Waals surface area contributed by atoms with Crippen LogP contribution in [0.15, 0.2) is 11.1 Å². The van der Waals surface area contributed by atoms with Gasteiger partial charge in [-0.05, 0) is 120 Å². The van der Waals surface area contributed by atoms with Gasteiger partial charge in [0, 0.05) is 12.1 Å². The highest BCUT2D eigenvalue weighted by Gasteiger charge is 2.60. The van der Waals surface area contributed by atoms with Gasteiger partial charge in [-0.15, -0.1) is 0 Å². The van der Waals surface area contributed by atoms with Crippen molar-refractivity contribution in [2.24, 2.45) is 35.0 Å². The molecule has 4 aliphatic carbocycles. The summed E-state index contributed by atoms with van der Waals surface area (Å²) in [4.78, 5) is 0. The smallest absolute Gasteiger partial charge is 0.0982 e. The summed E-state index contributed by atoms with van der Waals surface area (Å²) in [7, 11) is 2.13. The van der Waals surface area contributed by atoms with E-state index in [2.05, 4.69) is 38.5 Å². The monoisotopic (exact) mass is 439 g/mol. The first-order valence-electron chi connectivity index (χ1n) is 13.6. The summed E-state index contributed by atoms with van der Waals surface area (Å²) in [6, 6.07) is 0. The van der Waals surface area contributed by atoms with E-state index in [0.717, 1.165) is 61.6 Å². The molecule has 0 radical (unpaired) electrons. The summed E-state index contributed by atoms with van der Waals surface area (Å²) in [6.45, 7) is 8.52. The molecule has 0 aromatic carbocycles. The van der Waals surface area contributed by atoms with Gasteiger partial charge in [-0.3, -0.25) is 5.32 Å². The van der Waals surface area contributed by atoms with E-state index >= 15 is 0 Å². The molecular weight excluding hydrogens is 394 g/mol. The molecule has 0 aromatic heterocycles. The first-order valence-corrected chi connectivity index (χ1v) is 13.6. The Kier molecular flexibility index (Phi) is 5.04. The third kappa shape index (κ3) is 3.08. The molecule has 6 aliphatic rings. The van der Waals surface area contributed by atoms with Gasteiger partial charge in [0.05, 0.1) is 17.4 Å². The van der Waals surface area contributed by atoms with Crippen LogP contribution in [0.3, 0.4) is 0 Å². The summed E-state index contributed by atoms with van der Waals surface area (Å²) < 4.78 is 7.04. The molecule has 1 spiro atoms. The molecule has 178 valence electrons.